The first-order valence-electron chi connectivity index (χ1n) is 9.69. The number of carbonyl (C=O) groups excluding carboxylic acids is 1. The molecule has 0 radical (unpaired) electrons. The number of sulfonamides is 1. The van der Waals surface area contributed by atoms with E-state index in [0.717, 1.165) is 5.56 Å². The van der Waals surface area contributed by atoms with E-state index >= 15 is 0 Å². The molecule has 10 heteroatoms. The molecule has 1 atom stereocenters. The third-order valence-electron chi connectivity index (χ3n) is 5.02. The summed E-state index contributed by atoms with van der Waals surface area (Å²) in [6, 6.07) is 12.6. The monoisotopic (exact) mass is 461 g/mol. The van der Waals surface area contributed by atoms with Gasteiger partial charge in [0.15, 0.2) is 6.61 Å². The van der Waals surface area contributed by atoms with E-state index in [1.54, 1.807) is 48.5 Å². The summed E-state index contributed by atoms with van der Waals surface area (Å²) in [7, 11) is -3.80. The minimum Gasteiger partial charge on any atom is -0.456 e. The molecule has 1 aliphatic rings. The highest BCUT2D eigenvalue weighted by molar-refractivity contribution is 7.89. The first-order chi connectivity index (χ1) is 14.9. The molecule has 0 unspecified atom stereocenters. The van der Waals surface area contributed by atoms with Gasteiger partial charge in [0.25, 0.3) is 5.89 Å². The fourth-order valence-corrected chi connectivity index (χ4v) is 5.26. The summed E-state index contributed by atoms with van der Waals surface area (Å²) < 4.78 is 37.7. The average Bonchev–Trinajstić information content (AvgIpc) is 3.43. The van der Waals surface area contributed by atoms with Crippen molar-refractivity contribution >= 4 is 27.6 Å². The number of halogens is 1. The molecule has 1 fully saturated rings. The van der Waals surface area contributed by atoms with Crippen molar-refractivity contribution in [1.29, 1.82) is 0 Å². The largest absolute Gasteiger partial charge is 0.456 e. The van der Waals surface area contributed by atoms with Crippen molar-refractivity contribution in [2.45, 2.75) is 37.3 Å². The number of nitrogens with zero attached hydrogens (tertiary/aromatic N) is 3. The van der Waals surface area contributed by atoms with E-state index in [9.17, 15) is 13.2 Å². The number of rotatable bonds is 6. The highest BCUT2D eigenvalue weighted by Crippen LogP contribution is 2.28. The zero-order chi connectivity index (χ0) is 22.0. The number of hydrogen-bond acceptors (Lipinski definition) is 7. The van der Waals surface area contributed by atoms with Gasteiger partial charge in [-0.3, -0.25) is 4.79 Å². The van der Waals surface area contributed by atoms with Crippen molar-refractivity contribution in [1.82, 2.24) is 14.4 Å². The number of aromatic nitrogens is 2. The predicted octanol–water partition coefficient (Wildman–Crippen LogP) is 3.59. The lowest BCUT2D eigenvalue weighted by atomic mass is 10.2. The molecule has 2 heterocycles. The Hall–Kier alpha value is -2.75. The summed E-state index contributed by atoms with van der Waals surface area (Å²) >= 11 is 6.12. The second kappa shape index (κ2) is 8.78. The van der Waals surface area contributed by atoms with Crippen LogP contribution >= 0.6 is 11.6 Å². The molecule has 0 spiro atoms. The molecule has 1 saturated heterocycles. The summed E-state index contributed by atoms with van der Waals surface area (Å²) in [5.41, 5.74) is 1.52. The Morgan fingerprint density at radius 1 is 1.23 bits per heavy atom. The third-order valence-corrected chi connectivity index (χ3v) is 7.27. The summed E-state index contributed by atoms with van der Waals surface area (Å²) in [4.78, 5) is 17.0. The van der Waals surface area contributed by atoms with Crippen LogP contribution in [0.25, 0.3) is 11.5 Å². The molecule has 0 amide bonds. The Bertz CT molecular complexity index is 1190. The van der Waals surface area contributed by atoms with Crippen LogP contribution in [0.1, 0.15) is 24.2 Å². The molecular formula is C21H20ClN3O5S. The molecule has 0 N–H and O–H groups in total. The predicted molar refractivity (Wildman–Crippen MR) is 113 cm³/mol. The first kappa shape index (κ1) is 21.5. The quantitative estimate of drug-likeness (QED) is 0.516. The van der Waals surface area contributed by atoms with Gasteiger partial charge < -0.3 is 9.26 Å². The fraction of sp³-hybridized carbons (Fsp3) is 0.286. The fourth-order valence-electron chi connectivity index (χ4n) is 3.40. The van der Waals surface area contributed by atoms with Crippen molar-refractivity contribution < 1.29 is 22.5 Å². The Kier molecular flexibility index (Phi) is 6.08. The maximum atomic E-state index is 13.0. The molecule has 0 aliphatic carbocycles. The molecule has 4 rings (SSSR count). The van der Waals surface area contributed by atoms with E-state index in [-0.39, 0.29) is 29.8 Å². The van der Waals surface area contributed by atoms with Crippen molar-refractivity contribution in [2.24, 2.45) is 0 Å². The van der Waals surface area contributed by atoms with E-state index in [4.69, 9.17) is 20.9 Å². The van der Waals surface area contributed by atoms with Gasteiger partial charge in [-0.15, -0.1) is 0 Å². The van der Waals surface area contributed by atoms with Gasteiger partial charge in [-0.2, -0.15) is 9.29 Å². The van der Waals surface area contributed by atoms with Crippen LogP contribution in [-0.2, 0) is 26.2 Å². The summed E-state index contributed by atoms with van der Waals surface area (Å²) in [5.74, 6) is -0.271. The number of esters is 1. The molecular weight excluding hydrogens is 442 g/mol. The van der Waals surface area contributed by atoms with E-state index < -0.39 is 22.0 Å². The lowest BCUT2D eigenvalue weighted by molar-refractivity contribution is -0.149. The van der Waals surface area contributed by atoms with E-state index in [1.165, 1.54) is 4.31 Å². The Morgan fingerprint density at radius 2 is 1.97 bits per heavy atom. The molecule has 0 bridgehead atoms. The van der Waals surface area contributed by atoms with Gasteiger partial charge in [0.2, 0.25) is 15.8 Å². The summed E-state index contributed by atoms with van der Waals surface area (Å²) in [6.45, 7) is 1.90. The van der Waals surface area contributed by atoms with Crippen LogP contribution in [0.3, 0.4) is 0 Å². The van der Waals surface area contributed by atoms with Gasteiger partial charge >= 0.3 is 5.97 Å². The number of ether oxygens (including phenoxy) is 1. The molecule has 0 saturated carbocycles. The second-order valence-corrected chi connectivity index (χ2v) is 9.49. The topological polar surface area (TPSA) is 103 Å². The molecule has 1 aromatic heterocycles. The van der Waals surface area contributed by atoms with Gasteiger partial charge in [0, 0.05) is 6.54 Å². The van der Waals surface area contributed by atoms with Gasteiger partial charge in [-0.05, 0) is 44.0 Å². The Labute approximate surface area is 184 Å². The highest BCUT2D eigenvalue weighted by Gasteiger charge is 2.40. The number of benzene rings is 2. The van der Waals surface area contributed by atoms with Gasteiger partial charge in [0.05, 0.1) is 15.5 Å². The maximum Gasteiger partial charge on any atom is 0.324 e. The van der Waals surface area contributed by atoms with Gasteiger partial charge in [-0.25, -0.2) is 8.42 Å². The number of carbonyl (C=O) groups is 1. The zero-order valence-electron chi connectivity index (χ0n) is 16.7. The van der Waals surface area contributed by atoms with Crippen LogP contribution in [0.4, 0.5) is 0 Å². The second-order valence-electron chi connectivity index (χ2n) is 7.19. The third kappa shape index (κ3) is 4.48. The standard InChI is InChI=1S/C21H20ClN3O5S/c1-14-8-10-15(11-9-14)31(27,28)25-12-4-7-18(25)21(26)29-13-19-23-20(30-24-19)16-5-2-3-6-17(16)22/h2-3,5-6,8-11,18H,4,7,12-13H2,1H3/t18-/m0/s1. The highest BCUT2D eigenvalue weighted by atomic mass is 35.5. The minimum absolute atomic E-state index is 0.153. The number of aryl methyl sites for hydroxylation is 1. The van der Waals surface area contributed by atoms with Crippen molar-refractivity contribution in [3.63, 3.8) is 0 Å². The molecule has 2 aromatic carbocycles. The SMILES string of the molecule is Cc1ccc(S(=O)(=O)N2CCC[C@H]2C(=O)OCc2noc(-c3ccccc3Cl)n2)cc1. The molecule has 1 aliphatic heterocycles. The van der Waals surface area contributed by atoms with E-state index in [0.29, 0.717) is 23.4 Å². The van der Waals surface area contributed by atoms with Gasteiger partial charge in [0.1, 0.15) is 6.04 Å². The van der Waals surface area contributed by atoms with E-state index in [2.05, 4.69) is 10.1 Å². The molecule has 8 nitrogen and oxygen atoms in total. The number of hydrogen-bond donors (Lipinski definition) is 0. The van der Waals surface area contributed by atoms with Crippen LogP contribution in [0.5, 0.6) is 0 Å². The van der Waals surface area contributed by atoms with Crippen LogP contribution in [-0.4, -0.2) is 41.4 Å². The normalized spacial score (nSPS) is 17.0. The van der Waals surface area contributed by atoms with Crippen LogP contribution in [0.2, 0.25) is 5.02 Å². The zero-order valence-corrected chi connectivity index (χ0v) is 18.3. The van der Waals surface area contributed by atoms with Gasteiger partial charge in [-0.1, -0.05) is 46.6 Å². The lowest BCUT2D eigenvalue weighted by Crippen LogP contribution is -2.41. The molecule has 3 aromatic rings. The van der Waals surface area contributed by atoms with Crippen molar-refractivity contribution in [3.8, 4) is 11.5 Å². The average molecular weight is 462 g/mol. The Morgan fingerprint density at radius 3 is 2.71 bits per heavy atom. The minimum atomic E-state index is -3.80. The Balaban J connectivity index is 1.44. The van der Waals surface area contributed by atoms with Crippen LogP contribution < -0.4 is 0 Å². The molecule has 31 heavy (non-hydrogen) atoms. The first-order valence-corrected chi connectivity index (χ1v) is 11.5. The smallest absolute Gasteiger partial charge is 0.324 e. The van der Waals surface area contributed by atoms with Crippen LogP contribution in [0, 0.1) is 6.92 Å². The van der Waals surface area contributed by atoms with Crippen LogP contribution in [0.15, 0.2) is 57.9 Å². The molecule has 162 valence electrons. The maximum absolute atomic E-state index is 13.0. The lowest BCUT2D eigenvalue weighted by Gasteiger charge is -2.22. The summed E-state index contributed by atoms with van der Waals surface area (Å²) in [6.07, 6.45) is 0.963. The van der Waals surface area contributed by atoms with Crippen molar-refractivity contribution in [3.05, 3.63) is 64.9 Å². The van der Waals surface area contributed by atoms with Crippen molar-refractivity contribution in [2.75, 3.05) is 6.54 Å². The van der Waals surface area contributed by atoms with E-state index in [1.807, 2.05) is 6.92 Å². The summed E-state index contributed by atoms with van der Waals surface area (Å²) in [5, 5.41) is 4.26.